The second kappa shape index (κ2) is 7.78. The third kappa shape index (κ3) is 5.30. The van der Waals surface area contributed by atoms with Gasteiger partial charge in [-0.15, -0.1) is 0 Å². The van der Waals surface area contributed by atoms with Crippen molar-refractivity contribution in [3.63, 3.8) is 0 Å². The Morgan fingerprint density at radius 1 is 1.48 bits per heavy atom. The first kappa shape index (κ1) is 16.3. The maximum Gasteiger partial charge on any atom is 0.238 e. The zero-order valence-electron chi connectivity index (χ0n) is 12.8. The molecule has 2 rings (SSSR count). The number of carbonyl (C=O) groups is 1. The second-order valence-corrected chi connectivity index (χ2v) is 6.35. The van der Waals surface area contributed by atoms with Crippen LogP contribution in [-0.2, 0) is 4.79 Å². The standard InChI is InChI=1S/C16H24ClN3O/c1-12-5-6-14(17)8-15(12)19-16(21)10-18-9-13-4-3-7-20(2)11-13/h5-6,8,13,18H,3-4,7,9-11H2,1-2H3,(H,19,21). The summed E-state index contributed by atoms with van der Waals surface area (Å²) in [6.07, 6.45) is 2.49. The van der Waals surface area contributed by atoms with E-state index < -0.39 is 0 Å². The topological polar surface area (TPSA) is 44.4 Å². The van der Waals surface area contributed by atoms with Gasteiger partial charge in [0.2, 0.25) is 5.91 Å². The molecule has 1 aliphatic rings. The van der Waals surface area contributed by atoms with Gasteiger partial charge in [-0.1, -0.05) is 17.7 Å². The van der Waals surface area contributed by atoms with Crippen molar-refractivity contribution in [1.29, 1.82) is 0 Å². The number of halogens is 1. The first-order valence-corrected chi connectivity index (χ1v) is 7.87. The summed E-state index contributed by atoms with van der Waals surface area (Å²) >= 11 is 5.95. The predicted molar refractivity (Wildman–Crippen MR) is 87.9 cm³/mol. The SMILES string of the molecule is Cc1ccc(Cl)cc1NC(=O)CNCC1CCCN(C)C1. The van der Waals surface area contributed by atoms with Crippen LogP contribution in [0, 0.1) is 12.8 Å². The second-order valence-electron chi connectivity index (χ2n) is 5.91. The molecule has 0 aromatic heterocycles. The lowest BCUT2D eigenvalue weighted by Crippen LogP contribution is -2.39. The number of nitrogens with one attached hydrogen (secondary N) is 2. The average molecular weight is 310 g/mol. The van der Waals surface area contributed by atoms with Gasteiger partial charge in [0.1, 0.15) is 0 Å². The molecule has 1 aromatic rings. The number of hydrogen-bond acceptors (Lipinski definition) is 3. The normalized spacial score (nSPS) is 19.5. The zero-order chi connectivity index (χ0) is 15.2. The fourth-order valence-electron chi connectivity index (χ4n) is 2.75. The molecule has 21 heavy (non-hydrogen) atoms. The minimum atomic E-state index is -0.0236. The Kier molecular flexibility index (Phi) is 6.03. The van der Waals surface area contributed by atoms with Crippen molar-refractivity contribution in [3.8, 4) is 0 Å². The molecule has 1 aromatic carbocycles. The molecule has 4 nitrogen and oxygen atoms in total. The van der Waals surface area contributed by atoms with Crippen LogP contribution in [0.4, 0.5) is 5.69 Å². The highest BCUT2D eigenvalue weighted by molar-refractivity contribution is 6.31. The van der Waals surface area contributed by atoms with Gasteiger partial charge in [0.05, 0.1) is 6.54 Å². The van der Waals surface area contributed by atoms with E-state index in [0.717, 1.165) is 24.3 Å². The van der Waals surface area contributed by atoms with Crippen molar-refractivity contribution >= 4 is 23.2 Å². The van der Waals surface area contributed by atoms with Crippen LogP contribution in [0.3, 0.4) is 0 Å². The summed E-state index contributed by atoms with van der Waals surface area (Å²) in [7, 11) is 2.15. The molecule has 2 N–H and O–H groups in total. The van der Waals surface area contributed by atoms with Gasteiger partial charge in [-0.25, -0.2) is 0 Å². The van der Waals surface area contributed by atoms with Crippen molar-refractivity contribution < 1.29 is 4.79 Å². The smallest absolute Gasteiger partial charge is 0.238 e. The average Bonchev–Trinajstić information content (AvgIpc) is 2.43. The van der Waals surface area contributed by atoms with E-state index >= 15 is 0 Å². The van der Waals surface area contributed by atoms with Crippen LogP contribution in [0.25, 0.3) is 0 Å². The molecule has 0 saturated carbocycles. The molecule has 0 bridgehead atoms. The molecule has 1 amide bonds. The lowest BCUT2D eigenvalue weighted by Gasteiger charge is -2.29. The number of anilines is 1. The van der Waals surface area contributed by atoms with Crippen molar-refractivity contribution in [2.24, 2.45) is 5.92 Å². The highest BCUT2D eigenvalue weighted by Crippen LogP contribution is 2.20. The number of likely N-dealkylation sites (tertiary alicyclic amines) is 1. The molecule has 0 radical (unpaired) electrons. The summed E-state index contributed by atoms with van der Waals surface area (Å²) in [5.41, 5.74) is 1.80. The van der Waals surface area contributed by atoms with Crippen LogP contribution in [0.5, 0.6) is 0 Å². The van der Waals surface area contributed by atoms with Crippen LogP contribution in [-0.4, -0.2) is 44.0 Å². The largest absolute Gasteiger partial charge is 0.325 e. The first-order chi connectivity index (χ1) is 10.0. The molecule has 1 aliphatic heterocycles. The van der Waals surface area contributed by atoms with Crippen molar-refractivity contribution in [3.05, 3.63) is 28.8 Å². The summed E-state index contributed by atoms with van der Waals surface area (Å²) in [5, 5.41) is 6.79. The Hall–Kier alpha value is -1.10. The van der Waals surface area contributed by atoms with Gasteiger partial charge in [-0.05, 0) is 63.5 Å². The van der Waals surface area contributed by atoms with E-state index in [1.165, 1.54) is 19.4 Å². The fourth-order valence-corrected chi connectivity index (χ4v) is 2.93. The molecule has 1 heterocycles. The summed E-state index contributed by atoms with van der Waals surface area (Å²) in [4.78, 5) is 14.3. The van der Waals surface area contributed by atoms with Crippen LogP contribution < -0.4 is 10.6 Å². The van der Waals surface area contributed by atoms with E-state index in [9.17, 15) is 4.79 Å². The maximum atomic E-state index is 12.0. The first-order valence-electron chi connectivity index (χ1n) is 7.50. The van der Waals surface area contributed by atoms with Gasteiger partial charge in [-0.2, -0.15) is 0 Å². The Balaban J connectivity index is 1.73. The Morgan fingerprint density at radius 3 is 3.05 bits per heavy atom. The number of hydrogen-bond donors (Lipinski definition) is 2. The highest BCUT2D eigenvalue weighted by atomic mass is 35.5. The Bertz CT molecular complexity index is 492. The number of rotatable bonds is 5. The molecular weight excluding hydrogens is 286 g/mol. The number of carbonyl (C=O) groups excluding carboxylic acids is 1. The molecular formula is C16H24ClN3O. The monoisotopic (exact) mass is 309 g/mol. The Morgan fingerprint density at radius 2 is 2.29 bits per heavy atom. The lowest BCUT2D eigenvalue weighted by molar-refractivity contribution is -0.115. The lowest BCUT2D eigenvalue weighted by atomic mass is 9.98. The van der Waals surface area contributed by atoms with Crippen molar-refractivity contribution in [2.45, 2.75) is 19.8 Å². The third-order valence-corrected chi connectivity index (χ3v) is 4.15. The summed E-state index contributed by atoms with van der Waals surface area (Å²) in [6.45, 7) is 5.49. The number of nitrogens with zero attached hydrogens (tertiary/aromatic N) is 1. The minimum absolute atomic E-state index is 0.0236. The summed E-state index contributed by atoms with van der Waals surface area (Å²) < 4.78 is 0. The third-order valence-electron chi connectivity index (χ3n) is 3.91. The molecule has 1 atom stereocenters. The Labute approximate surface area is 131 Å². The quantitative estimate of drug-likeness (QED) is 0.878. The van der Waals surface area contributed by atoms with Gasteiger partial charge < -0.3 is 15.5 Å². The molecule has 1 saturated heterocycles. The van der Waals surface area contributed by atoms with Crippen molar-refractivity contribution in [2.75, 3.05) is 38.5 Å². The maximum absolute atomic E-state index is 12.0. The molecule has 0 aliphatic carbocycles. The van der Waals surface area contributed by atoms with E-state index in [1.54, 1.807) is 6.07 Å². The minimum Gasteiger partial charge on any atom is -0.325 e. The summed E-state index contributed by atoms with van der Waals surface area (Å²) in [5.74, 6) is 0.619. The van der Waals surface area contributed by atoms with E-state index in [-0.39, 0.29) is 5.91 Å². The van der Waals surface area contributed by atoms with Gasteiger partial charge >= 0.3 is 0 Å². The number of amides is 1. The number of piperidine rings is 1. The number of aryl methyl sites for hydroxylation is 1. The van der Waals surface area contributed by atoms with Crippen LogP contribution in [0.2, 0.25) is 5.02 Å². The number of benzene rings is 1. The predicted octanol–water partition coefficient (Wildman–Crippen LogP) is 2.52. The van der Waals surface area contributed by atoms with Gasteiger partial charge in [0, 0.05) is 17.3 Å². The van der Waals surface area contributed by atoms with Gasteiger partial charge in [-0.3, -0.25) is 4.79 Å². The molecule has 5 heteroatoms. The molecule has 0 spiro atoms. The fraction of sp³-hybridized carbons (Fsp3) is 0.562. The molecule has 1 fully saturated rings. The van der Waals surface area contributed by atoms with Crippen molar-refractivity contribution in [1.82, 2.24) is 10.2 Å². The van der Waals surface area contributed by atoms with Crippen LogP contribution >= 0.6 is 11.6 Å². The van der Waals surface area contributed by atoms with E-state index in [1.807, 2.05) is 19.1 Å². The summed E-state index contributed by atoms with van der Waals surface area (Å²) in [6, 6.07) is 5.51. The molecule has 116 valence electrons. The van der Waals surface area contributed by atoms with Crippen LogP contribution in [0.1, 0.15) is 18.4 Å². The van der Waals surface area contributed by atoms with Gasteiger partial charge in [0.15, 0.2) is 0 Å². The van der Waals surface area contributed by atoms with E-state index in [0.29, 0.717) is 17.5 Å². The van der Waals surface area contributed by atoms with E-state index in [2.05, 4.69) is 22.6 Å². The van der Waals surface area contributed by atoms with E-state index in [4.69, 9.17) is 11.6 Å². The van der Waals surface area contributed by atoms with Gasteiger partial charge in [0.25, 0.3) is 0 Å². The highest BCUT2D eigenvalue weighted by Gasteiger charge is 2.16. The zero-order valence-corrected chi connectivity index (χ0v) is 13.5. The molecule has 1 unspecified atom stereocenters. The van der Waals surface area contributed by atoms with Crippen LogP contribution in [0.15, 0.2) is 18.2 Å².